The van der Waals surface area contributed by atoms with Crippen LogP contribution in [0.5, 0.6) is 5.75 Å². The quantitative estimate of drug-likeness (QED) is 0.190. The highest BCUT2D eigenvalue weighted by Crippen LogP contribution is 2.39. The van der Waals surface area contributed by atoms with E-state index in [1.165, 1.54) is 38.3 Å². The number of rotatable bonds is 7. The molecule has 0 N–H and O–H groups in total. The maximum atomic E-state index is 13.7. The second-order valence-electron chi connectivity index (χ2n) is 8.91. The van der Waals surface area contributed by atoms with Crippen molar-refractivity contribution >= 4 is 29.2 Å². The van der Waals surface area contributed by atoms with E-state index in [2.05, 4.69) is 0 Å². The Morgan fingerprint density at radius 2 is 1.61 bits per heavy atom. The summed E-state index contributed by atoms with van der Waals surface area (Å²) >= 11 is 0. The van der Waals surface area contributed by atoms with Gasteiger partial charge in [0.05, 0.1) is 23.9 Å². The summed E-state index contributed by atoms with van der Waals surface area (Å²) in [5, 5.41) is 12.7. The smallest absolute Gasteiger partial charge is 0.273 e. The monoisotopic (exact) mass is 491 g/mol. The largest absolute Gasteiger partial charge is 0.497 e. The molecule has 10 nitrogen and oxygen atoms in total. The molecule has 0 saturated carbocycles. The van der Waals surface area contributed by atoms with Crippen LogP contribution in [-0.2, 0) is 9.59 Å². The number of imide groups is 1. The Balaban J connectivity index is 1.73. The second-order valence-corrected chi connectivity index (χ2v) is 8.91. The number of allylic oxidation sites excluding steroid dienone is 2. The van der Waals surface area contributed by atoms with E-state index in [0.717, 1.165) is 27.7 Å². The molecule has 0 unspecified atom stereocenters. The first-order valence-corrected chi connectivity index (χ1v) is 11.4. The van der Waals surface area contributed by atoms with Crippen LogP contribution in [0.4, 0.5) is 5.69 Å². The number of amides is 3. The molecule has 3 amide bonds. The fraction of sp³-hybridized carbons (Fsp3) is 0.308. The number of benzene rings is 2. The number of nitro benzene ring substituents is 1. The molecular weight excluding hydrogens is 466 g/mol. The Kier molecular flexibility index (Phi) is 6.69. The summed E-state index contributed by atoms with van der Waals surface area (Å²) in [6.07, 6.45) is 2.67. The summed E-state index contributed by atoms with van der Waals surface area (Å²) in [6.45, 7) is 3.33. The van der Waals surface area contributed by atoms with E-state index in [1.54, 1.807) is 12.1 Å². The first-order chi connectivity index (χ1) is 17.1. The molecular formula is C26H25N3O7. The van der Waals surface area contributed by atoms with E-state index in [4.69, 9.17) is 4.74 Å². The summed E-state index contributed by atoms with van der Waals surface area (Å²) in [4.78, 5) is 64.3. The molecule has 1 aliphatic heterocycles. The lowest BCUT2D eigenvalue weighted by Crippen LogP contribution is -2.56. The highest BCUT2D eigenvalue weighted by molar-refractivity contribution is 6.10. The molecule has 0 spiro atoms. The Morgan fingerprint density at radius 1 is 1.03 bits per heavy atom. The van der Waals surface area contributed by atoms with Gasteiger partial charge in [0.15, 0.2) is 5.78 Å². The molecule has 1 heterocycles. The number of fused-ring (bicyclic) bond motifs is 1. The van der Waals surface area contributed by atoms with Crippen LogP contribution >= 0.6 is 0 Å². The topological polar surface area (TPSA) is 127 Å². The minimum Gasteiger partial charge on any atom is -0.497 e. The van der Waals surface area contributed by atoms with Gasteiger partial charge in [-0.3, -0.25) is 29.3 Å². The third-order valence-electron chi connectivity index (χ3n) is 6.67. The van der Waals surface area contributed by atoms with E-state index in [1.807, 2.05) is 13.0 Å². The average Bonchev–Trinajstić information content (AvgIpc) is 3.12. The molecule has 3 atom stereocenters. The van der Waals surface area contributed by atoms with Crippen LogP contribution < -0.4 is 4.74 Å². The Hall–Kier alpha value is -4.34. The number of hydrogen-bond donors (Lipinski definition) is 0. The number of ether oxygens (including phenoxy) is 1. The van der Waals surface area contributed by atoms with Crippen LogP contribution in [0.3, 0.4) is 0 Å². The van der Waals surface area contributed by atoms with Crippen molar-refractivity contribution in [1.29, 1.82) is 0 Å². The van der Waals surface area contributed by atoms with Crippen LogP contribution in [0, 0.1) is 22.0 Å². The van der Waals surface area contributed by atoms with Gasteiger partial charge in [0.1, 0.15) is 11.8 Å². The van der Waals surface area contributed by atoms with Gasteiger partial charge in [0.25, 0.3) is 23.4 Å². The Labute approximate surface area is 207 Å². The lowest BCUT2D eigenvalue weighted by Gasteiger charge is -2.34. The third-order valence-corrected chi connectivity index (χ3v) is 6.67. The molecule has 0 radical (unpaired) electrons. The van der Waals surface area contributed by atoms with Gasteiger partial charge in [0, 0.05) is 23.3 Å². The van der Waals surface area contributed by atoms with E-state index in [-0.39, 0.29) is 16.8 Å². The van der Waals surface area contributed by atoms with E-state index >= 15 is 0 Å². The van der Waals surface area contributed by atoms with E-state index < -0.39 is 46.3 Å². The number of methoxy groups -OCH3 is 1. The molecule has 0 bridgehead atoms. The Morgan fingerprint density at radius 3 is 2.19 bits per heavy atom. The summed E-state index contributed by atoms with van der Waals surface area (Å²) in [7, 11) is 1.49. The molecule has 0 aromatic heterocycles. The maximum absolute atomic E-state index is 13.7. The predicted molar refractivity (Wildman–Crippen MR) is 128 cm³/mol. The van der Waals surface area contributed by atoms with Crippen molar-refractivity contribution in [2.75, 3.05) is 7.11 Å². The van der Waals surface area contributed by atoms with Gasteiger partial charge in [0.2, 0.25) is 0 Å². The van der Waals surface area contributed by atoms with Crippen LogP contribution in [0.25, 0.3) is 0 Å². The number of Topliss-reactive ketones (excluding diaryl/α,β-unsaturated/α-hetero) is 1. The van der Waals surface area contributed by atoms with Gasteiger partial charge in [-0.05, 0) is 63.1 Å². The third kappa shape index (κ3) is 4.37. The van der Waals surface area contributed by atoms with Crippen LogP contribution in [0.2, 0.25) is 0 Å². The summed E-state index contributed by atoms with van der Waals surface area (Å²) in [5.41, 5.74) is 1.02. The number of non-ortho nitro benzene ring substituents is 1. The second kappa shape index (κ2) is 9.73. The van der Waals surface area contributed by atoms with Crippen molar-refractivity contribution in [3.63, 3.8) is 0 Å². The molecule has 36 heavy (non-hydrogen) atoms. The summed E-state index contributed by atoms with van der Waals surface area (Å²) in [5.74, 6) is -3.05. The molecule has 2 aliphatic rings. The highest BCUT2D eigenvalue weighted by Gasteiger charge is 2.53. The molecule has 1 aliphatic carbocycles. The number of carbonyl (C=O) groups excluding carboxylic acids is 4. The van der Waals surface area contributed by atoms with Crippen molar-refractivity contribution in [3.05, 3.63) is 81.4 Å². The average molecular weight is 492 g/mol. The van der Waals surface area contributed by atoms with Crippen molar-refractivity contribution in [2.45, 2.75) is 32.7 Å². The number of hydrogen-bond acceptors (Lipinski definition) is 7. The molecule has 10 heteroatoms. The normalized spacial score (nSPS) is 19.9. The lowest BCUT2D eigenvalue weighted by molar-refractivity contribution is -0.384. The van der Waals surface area contributed by atoms with Crippen LogP contribution in [0.15, 0.2) is 60.2 Å². The van der Waals surface area contributed by atoms with Crippen molar-refractivity contribution < 1.29 is 28.8 Å². The van der Waals surface area contributed by atoms with Crippen molar-refractivity contribution in [1.82, 2.24) is 10.0 Å². The van der Waals surface area contributed by atoms with Crippen LogP contribution in [0.1, 0.15) is 47.4 Å². The maximum Gasteiger partial charge on any atom is 0.273 e. The predicted octanol–water partition coefficient (Wildman–Crippen LogP) is 3.57. The highest BCUT2D eigenvalue weighted by atomic mass is 16.6. The fourth-order valence-corrected chi connectivity index (χ4v) is 4.64. The minimum atomic E-state index is -1.22. The molecule has 1 saturated heterocycles. The molecule has 2 aromatic carbocycles. The number of nitro groups is 1. The number of nitrogens with zero attached hydrogens (tertiary/aromatic N) is 3. The molecule has 1 fully saturated rings. The van der Waals surface area contributed by atoms with Gasteiger partial charge in [-0.2, -0.15) is 5.01 Å². The fourth-order valence-electron chi connectivity index (χ4n) is 4.64. The minimum absolute atomic E-state index is 0.000224. The van der Waals surface area contributed by atoms with Gasteiger partial charge in [-0.25, -0.2) is 5.01 Å². The zero-order valence-electron chi connectivity index (χ0n) is 20.0. The number of carbonyl (C=O) groups is 4. The van der Waals surface area contributed by atoms with E-state index in [0.29, 0.717) is 18.6 Å². The zero-order valence-corrected chi connectivity index (χ0v) is 20.0. The summed E-state index contributed by atoms with van der Waals surface area (Å²) < 4.78 is 5.13. The first kappa shape index (κ1) is 24.8. The number of hydrazine groups is 1. The lowest BCUT2D eigenvalue weighted by atomic mass is 9.82. The SMILES string of the molecule is COc1ccc(C(=O)[C@H](C)N(C(=O)c2ccc([N+](=O)[O-])cc2)N2C(=O)[C@@H]3CC=C(C)C[C@H]3C2=O)cc1. The van der Waals surface area contributed by atoms with Crippen molar-refractivity contribution in [2.24, 2.45) is 11.8 Å². The van der Waals surface area contributed by atoms with Crippen LogP contribution in [-0.4, -0.2) is 51.6 Å². The van der Waals surface area contributed by atoms with E-state index in [9.17, 15) is 29.3 Å². The first-order valence-electron chi connectivity index (χ1n) is 11.4. The standard InChI is InChI=1S/C26H25N3O7/c1-15-4-13-21-22(14-15)26(33)28(25(21)32)27(24(31)18-5-9-19(10-6-18)29(34)35)16(2)23(30)17-7-11-20(36-3)12-8-17/h4-12,16,21-22H,13-14H2,1-3H3/t16-,21+,22+/m0/s1. The molecule has 2 aromatic rings. The van der Waals surface area contributed by atoms with Gasteiger partial charge < -0.3 is 4.74 Å². The number of ketones is 1. The van der Waals surface area contributed by atoms with Gasteiger partial charge in [-0.1, -0.05) is 11.6 Å². The summed E-state index contributed by atoms with van der Waals surface area (Å²) in [6, 6.07) is 9.83. The molecule has 4 rings (SSSR count). The van der Waals surface area contributed by atoms with Crippen molar-refractivity contribution in [3.8, 4) is 5.75 Å². The van der Waals surface area contributed by atoms with Gasteiger partial charge >= 0.3 is 0 Å². The van der Waals surface area contributed by atoms with Gasteiger partial charge in [-0.15, -0.1) is 0 Å². The zero-order chi connectivity index (χ0) is 26.1. The molecule has 186 valence electrons. The Bertz CT molecular complexity index is 1270.